The third kappa shape index (κ3) is 4.88. The third-order valence-electron chi connectivity index (χ3n) is 2.14. The van der Waals surface area contributed by atoms with E-state index < -0.39 is 0 Å². The molecule has 0 saturated carbocycles. The third-order valence-corrected chi connectivity index (χ3v) is 2.14. The molecule has 0 aliphatic carbocycles. The molecule has 15 heavy (non-hydrogen) atoms. The summed E-state index contributed by atoms with van der Waals surface area (Å²) in [5, 5.41) is 8.91. The number of aliphatic hydroxyl groups excluding tert-OH is 1. The molecule has 1 N–H and O–H groups in total. The molecular weight excluding hydrogens is 192 g/mol. The number of nitrogens with zero attached hydrogens (tertiary/aromatic N) is 2. The standard InChI is InChI=1S/C11H18N2O2/c1-15-9-7-13(6-8-14)10-11-4-2-3-5-12-11/h2-5,14H,6-10H2,1H3. The molecular formula is C11H18N2O2. The summed E-state index contributed by atoms with van der Waals surface area (Å²) in [6, 6.07) is 5.85. The van der Waals surface area contributed by atoms with Crippen molar-refractivity contribution in [1.29, 1.82) is 0 Å². The maximum absolute atomic E-state index is 8.91. The average molecular weight is 210 g/mol. The van der Waals surface area contributed by atoms with Gasteiger partial charge in [-0.15, -0.1) is 0 Å². The molecule has 0 aromatic carbocycles. The summed E-state index contributed by atoms with van der Waals surface area (Å²) in [6.45, 7) is 3.06. The monoisotopic (exact) mass is 210 g/mol. The molecule has 1 aromatic heterocycles. The van der Waals surface area contributed by atoms with Gasteiger partial charge in [0.05, 0.1) is 18.9 Å². The Hall–Kier alpha value is -0.970. The summed E-state index contributed by atoms with van der Waals surface area (Å²) >= 11 is 0. The highest BCUT2D eigenvalue weighted by Gasteiger charge is 2.05. The van der Waals surface area contributed by atoms with Gasteiger partial charge in [0.2, 0.25) is 0 Å². The van der Waals surface area contributed by atoms with Gasteiger partial charge in [-0.3, -0.25) is 9.88 Å². The van der Waals surface area contributed by atoms with Crippen molar-refractivity contribution in [1.82, 2.24) is 9.88 Å². The molecule has 1 heterocycles. The fourth-order valence-electron chi connectivity index (χ4n) is 1.35. The first-order valence-corrected chi connectivity index (χ1v) is 5.09. The molecule has 0 unspecified atom stereocenters. The predicted molar refractivity (Wildman–Crippen MR) is 58.5 cm³/mol. The Morgan fingerprint density at radius 3 is 2.87 bits per heavy atom. The van der Waals surface area contributed by atoms with Crippen LogP contribution in [0.4, 0.5) is 0 Å². The summed E-state index contributed by atoms with van der Waals surface area (Å²) in [6.07, 6.45) is 1.78. The Kier molecular flexibility index (Phi) is 5.92. The van der Waals surface area contributed by atoms with Crippen LogP contribution in [0.3, 0.4) is 0 Å². The lowest BCUT2D eigenvalue weighted by Gasteiger charge is -2.20. The first-order chi connectivity index (χ1) is 7.36. The van der Waals surface area contributed by atoms with E-state index in [0.717, 1.165) is 18.8 Å². The molecule has 0 saturated heterocycles. The van der Waals surface area contributed by atoms with Gasteiger partial charge in [0.25, 0.3) is 0 Å². The Morgan fingerprint density at radius 2 is 2.27 bits per heavy atom. The zero-order valence-electron chi connectivity index (χ0n) is 9.09. The van der Waals surface area contributed by atoms with Crippen LogP contribution < -0.4 is 0 Å². The average Bonchev–Trinajstić information content (AvgIpc) is 2.28. The molecule has 0 amide bonds. The van der Waals surface area contributed by atoms with E-state index in [-0.39, 0.29) is 6.61 Å². The first kappa shape index (κ1) is 12.1. The molecule has 84 valence electrons. The maximum atomic E-state index is 8.91. The van der Waals surface area contributed by atoms with Crippen molar-refractivity contribution in [3.8, 4) is 0 Å². The molecule has 0 bridgehead atoms. The molecule has 0 fully saturated rings. The van der Waals surface area contributed by atoms with Crippen LogP contribution in [0.1, 0.15) is 5.69 Å². The lowest BCUT2D eigenvalue weighted by molar-refractivity contribution is 0.126. The molecule has 0 aliphatic rings. The largest absolute Gasteiger partial charge is 0.395 e. The minimum absolute atomic E-state index is 0.163. The van der Waals surface area contributed by atoms with E-state index in [0.29, 0.717) is 13.2 Å². The van der Waals surface area contributed by atoms with E-state index in [1.165, 1.54) is 0 Å². The van der Waals surface area contributed by atoms with Gasteiger partial charge >= 0.3 is 0 Å². The number of aliphatic hydroxyl groups is 1. The minimum Gasteiger partial charge on any atom is -0.395 e. The minimum atomic E-state index is 0.163. The molecule has 1 aromatic rings. The quantitative estimate of drug-likeness (QED) is 0.712. The fourth-order valence-corrected chi connectivity index (χ4v) is 1.35. The smallest absolute Gasteiger partial charge is 0.0589 e. The molecule has 0 radical (unpaired) electrons. The first-order valence-electron chi connectivity index (χ1n) is 5.09. The van der Waals surface area contributed by atoms with E-state index in [2.05, 4.69) is 9.88 Å². The molecule has 1 rings (SSSR count). The van der Waals surface area contributed by atoms with Gasteiger partial charge in [0, 0.05) is 32.9 Å². The van der Waals surface area contributed by atoms with Crippen molar-refractivity contribution in [3.05, 3.63) is 30.1 Å². The van der Waals surface area contributed by atoms with Crippen molar-refractivity contribution in [2.24, 2.45) is 0 Å². The molecule has 4 heteroatoms. The Morgan fingerprint density at radius 1 is 1.40 bits per heavy atom. The number of hydrogen-bond acceptors (Lipinski definition) is 4. The summed E-state index contributed by atoms with van der Waals surface area (Å²) in [7, 11) is 1.68. The fraction of sp³-hybridized carbons (Fsp3) is 0.545. The normalized spacial score (nSPS) is 10.9. The Labute approximate surface area is 90.5 Å². The SMILES string of the molecule is COCCN(CCO)Cc1ccccn1. The van der Waals surface area contributed by atoms with Gasteiger partial charge in [-0.25, -0.2) is 0 Å². The van der Waals surface area contributed by atoms with Crippen molar-refractivity contribution in [3.63, 3.8) is 0 Å². The van der Waals surface area contributed by atoms with Crippen LogP contribution in [0.15, 0.2) is 24.4 Å². The summed E-state index contributed by atoms with van der Waals surface area (Å²) in [5.74, 6) is 0. The van der Waals surface area contributed by atoms with Crippen molar-refractivity contribution in [2.75, 3.05) is 33.4 Å². The van der Waals surface area contributed by atoms with E-state index in [9.17, 15) is 0 Å². The zero-order valence-corrected chi connectivity index (χ0v) is 9.09. The molecule has 0 aliphatic heterocycles. The van der Waals surface area contributed by atoms with Crippen LogP contribution in [0, 0.1) is 0 Å². The van der Waals surface area contributed by atoms with Crippen LogP contribution >= 0.6 is 0 Å². The second-order valence-corrected chi connectivity index (χ2v) is 3.31. The van der Waals surface area contributed by atoms with Crippen LogP contribution in [-0.2, 0) is 11.3 Å². The van der Waals surface area contributed by atoms with Crippen molar-refractivity contribution < 1.29 is 9.84 Å². The summed E-state index contributed by atoms with van der Waals surface area (Å²) in [5.41, 5.74) is 1.02. The van der Waals surface area contributed by atoms with E-state index in [1.54, 1.807) is 13.3 Å². The second-order valence-electron chi connectivity index (χ2n) is 3.31. The number of methoxy groups -OCH3 is 1. The van der Waals surface area contributed by atoms with Crippen LogP contribution in [-0.4, -0.2) is 48.4 Å². The molecule has 4 nitrogen and oxygen atoms in total. The van der Waals surface area contributed by atoms with Crippen LogP contribution in [0.5, 0.6) is 0 Å². The van der Waals surface area contributed by atoms with E-state index >= 15 is 0 Å². The Bertz CT molecular complexity index is 254. The zero-order chi connectivity index (χ0) is 10.9. The molecule has 0 spiro atoms. The lowest BCUT2D eigenvalue weighted by atomic mass is 10.3. The number of ether oxygens (including phenoxy) is 1. The number of hydrogen-bond donors (Lipinski definition) is 1. The van der Waals surface area contributed by atoms with Crippen LogP contribution in [0.2, 0.25) is 0 Å². The topological polar surface area (TPSA) is 45.6 Å². The predicted octanol–water partition coefficient (Wildman–Crippen LogP) is 0.522. The van der Waals surface area contributed by atoms with Gasteiger partial charge in [-0.1, -0.05) is 6.07 Å². The van der Waals surface area contributed by atoms with Crippen LogP contribution in [0.25, 0.3) is 0 Å². The lowest BCUT2D eigenvalue weighted by Crippen LogP contribution is -2.30. The Balaban J connectivity index is 2.43. The highest BCUT2D eigenvalue weighted by molar-refractivity contribution is 5.03. The van der Waals surface area contributed by atoms with Gasteiger partial charge in [-0.2, -0.15) is 0 Å². The van der Waals surface area contributed by atoms with Gasteiger partial charge < -0.3 is 9.84 Å². The van der Waals surface area contributed by atoms with Gasteiger partial charge in [-0.05, 0) is 12.1 Å². The van der Waals surface area contributed by atoms with Gasteiger partial charge in [0.1, 0.15) is 0 Å². The number of rotatable bonds is 7. The number of aromatic nitrogens is 1. The second kappa shape index (κ2) is 7.34. The highest BCUT2D eigenvalue weighted by Crippen LogP contribution is 2.00. The van der Waals surface area contributed by atoms with E-state index in [1.807, 2.05) is 18.2 Å². The van der Waals surface area contributed by atoms with E-state index in [4.69, 9.17) is 9.84 Å². The van der Waals surface area contributed by atoms with Crippen molar-refractivity contribution >= 4 is 0 Å². The maximum Gasteiger partial charge on any atom is 0.0589 e. The molecule has 0 atom stereocenters. The summed E-state index contributed by atoms with van der Waals surface area (Å²) in [4.78, 5) is 6.36. The van der Waals surface area contributed by atoms with Gasteiger partial charge in [0.15, 0.2) is 0 Å². The number of pyridine rings is 1. The van der Waals surface area contributed by atoms with Crippen molar-refractivity contribution in [2.45, 2.75) is 6.54 Å². The summed E-state index contributed by atoms with van der Waals surface area (Å²) < 4.78 is 5.01. The highest BCUT2D eigenvalue weighted by atomic mass is 16.5.